The van der Waals surface area contributed by atoms with Crippen LogP contribution in [0, 0.1) is 11.8 Å². The number of nitrogens with one attached hydrogen (secondary N) is 1. The number of piperidine rings is 3. The molecule has 3 aromatic rings. The molecule has 0 amide bonds. The van der Waals surface area contributed by atoms with Crippen molar-refractivity contribution in [2.75, 3.05) is 19.6 Å². The maximum atomic E-state index is 12.9. The molecule has 1 aromatic carbocycles. The third-order valence-corrected chi connectivity index (χ3v) is 6.15. The molecule has 3 aliphatic heterocycles. The second kappa shape index (κ2) is 8.16. The molecule has 0 aliphatic carbocycles. The number of nitrogens with zero attached hydrogens (tertiary/aromatic N) is 4. The van der Waals surface area contributed by atoms with Crippen LogP contribution in [0.15, 0.2) is 30.6 Å². The zero-order valence-corrected chi connectivity index (χ0v) is 16.4. The molecule has 2 bridgehead atoms. The molecule has 3 saturated heterocycles. The third-order valence-electron chi connectivity index (χ3n) is 6.15. The van der Waals surface area contributed by atoms with E-state index in [2.05, 4.69) is 20.1 Å². The van der Waals surface area contributed by atoms with Gasteiger partial charge in [-0.3, -0.25) is 14.7 Å². The lowest BCUT2D eigenvalue weighted by molar-refractivity contribution is -0.122. The highest BCUT2D eigenvalue weighted by Gasteiger charge is 2.35. The zero-order chi connectivity index (χ0) is 20.4. The van der Waals surface area contributed by atoms with Crippen LogP contribution in [0.1, 0.15) is 29.8 Å². The summed E-state index contributed by atoms with van der Waals surface area (Å²) in [7, 11) is 1.97. The molecule has 8 heteroatoms. The number of H-pyrrole nitrogens is 1. The molecule has 6 rings (SSSR count). The van der Waals surface area contributed by atoms with Gasteiger partial charge >= 0.3 is 0 Å². The van der Waals surface area contributed by atoms with Crippen LogP contribution < -0.4 is 0 Å². The topological polar surface area (TPSA) is 104 Å². The first kappa shape index (κ1) is 19.3. The third kappa shape index (κ3) is 3.80. The van der Waals surface area contributed by atoms with Gasteiger partial charge in [0.25, 0.3) is 6.47 Å². The summed E-state index contributed by atoms with van der Waals surface area (Å²) in [5, 5.41) is 15.2. The Hall–Kier alpha value is -3.00. The predicted molar refractivity (Wildman–Crippen MR) is 109 cm³/mol. The Morgan fingerprint density at radius 1 is 1.34 bits per heavy atom. The highest BCUT2D eigenvalue weighted by molar-refractivity contribution is 6.06. The van der Waals surface area contributed by atoms with Crippen molar-refractivity contribution in [3.05, 3.63) is 36.3 Å². The van der Waals surface area contributed by atoms with Crippen LogP contribution in [0.3, 0.4) is 0 Å². The number of aryl methyl sites for hydroxylation is 1. The number of ketones is 1. The Kier molecular flexibility index (Phi) is 5.44. The Balaban J connectivity index is 0.000000645. The van der Waals surface area contributed by atoms with E-state index in [1.165, 1.54) is 25.9 Å². The van der Waals surface area contributed by atoms with E-state index in [4.69, 9.17) is 9.90 Å². The highest BCUT2D eigenvalue weighted by atomic mass is 16.3. The first-order valence-electron chi connectivity index (χ1n) is 9.90. The number of carbonyl (C=O) groups is 2. The summed E-state index contributed by atoms with van der Waals surface area (Å²) >= 11 is 0. The molecule has 0 spiro atoms. The maximum absolute atomic E-state index is 12.9. The average molecular weight is 395 g/mol. The zero-order valence-electron chi connectivity index (χ0n) is 16.4. The molecule has 1 atom stereocenters. The SMILES string of the molecule is Cn1ccnc1-c1ccc2c(C(=O)C[C@H]3CN4CCC3CC4)n[nH]c2c1.O=CO. The molecular formula is C21H25N5O3. The smallest absolute Gasteiger partial charge is 0.290 e. The van der Waals surface area contributed by atoms with Gasteiger partial charge in [0.2, 0.25) is 0 Å². The monoisotopic (exact) mass is 395 g/mol. The van der Waals surface area contributed by atoms with Crippen LogP contribution in [0.4, 0.5) is 0 Å². The lowest BCUT2D eigenvalue weighted by atomic mass is 9.76. The molecule has 8 nitrogen and oxygen atoms in total. The number of aromatic nitrogens is 4. The molecule has 0 radical (unpaired) electrons. The van der Waals surface area contributed by atoms with E-state index >= 15 is 0 Å². The molecule has 152 valence electrons. The average Bonchev–Trinajstić information content (AvgIpc) is 3.35. The van der Waals surface area contributed by atoms with Crippen molar-refractivity contribution in [3.63, 3.8) is 0 Å². The van der Waals surface area contributed by atoms with Gasteiger partial charge in [0.05, 0.1) is 5.52 Å². The Labute approximate surface area is 168 Å². The van der Waals surface area contributed by atoms with Crippen LogP contribution >= 0.6 is 0 Å². The number of Topliss-reactive ketones (excluding diaryl/α,β-unsaturated/α-hetero) is 1. The van der Waals surface area contributed by atoms with E-state index in [1.54, 1.807) is 6.20 Å². The number of carbonyl (C=O) groups excluding carboxylic acids is 1. The second-order valence-electron chi connectivity index (χ2n) is 7.83. The molecule has 0 unspecified atom stereocenters. The standard InChI is InChI=1S/C20H23N5O.CH2O2/c1-24-9-6-21-20(24)14-2-3-16-17(10-14)22-23-19(16)18(26)11-15-12-25-7-4-13(15)5-8-25;2-1-3/h2-3,6,9-10,13,15H,4-5,7-8,11-12H2,1H3,(H,22,23);1H,(H,2,3)/t15-;/m0./s1. The van der Waals surface area contributed by atoms with Crippen LogP contribution in [0.2, 0.25) is 0 Å². The fourth-order valence-electron chi connectivity index (χ4n) is 4.67. The lowest BCUT2D eigenvalue weighted by Crippen LogP contribution is -2.47. The first-order valence-corrected chi connectivity index (χ1v) is 9.90. The minimum atomic E-state index is -0.250. The minimum Gasteiger partial charge on any atom is -0.483 e. The molecular weight excluding hydrogens is 370 g/mol. The van der Waals surface area contributed by atoms with E-state index in [1.807, 2.05) is 36.0 Å². The predicted octanol–water partition coefficient (Wildman–Crippen LogP) is 2.58. The van der Waals surface area contributed by atoms with Gasteiger partial charge < -0.3 is 14.6 Å². The van der Waals surface area contributed by atoms with Gasteiger partial charge in [-0.05, 0) is 49.9 Å². The molecule has 29 heavy (non-hydrogen) atoms. The number of fused-ring (bicyclic) bond motifs is 4. The summed E-state index contributed by atoms with van der Waals surface area (Å²) in [6, 6.07) is 6.04. The quantitative estimate of drug-likeness (QED) is 0.520. The number of hydrogen-bond donors (Lipinski definition) is 2. The fourth-order valence-corrected chi connectivity index (χ4v) is 4.67. The lowest BCUT2D eigenvalue weighted by Gasteiger charge is -2.44. The Morgan fingerprint density at radius 3 is 2.72 bits per heavy atom. The maximum Gasteiger partial charge on any atom is 0.290 e. The summed E-state index contributed by atoms with van der Waals surface area (Å²) in [4.78, 5) is 28.2. The fraction of sp³-hybridized carbons (Fsp3) is 0.429. The van der Waals surface area contributed by atoms with E-state index in [0.29, 0.717) is 24.0 Å². The van der Waals surface area contributed by atoms with Crippen molar-refractivity contribution in [2.45, 2.75) is 19.3 Å². The van der Waals surface area contributed by atoms with E-state index in [-0.39, 0.29) is 12.3 Å². The van der Waals surface area contributed by atoms with E-state index in [9.17, 15) is 4.79 Å². The van der Waals surface area contributed by atoms with E-state index in [0.717, 1.165) is 28.8 Å². The number of rotatable bonds is 4. The summed E-state index contributed by atoms with van der Waals surface area (Å²) < 4.78 is 1.98. The number of benzene rings is 1. The van der Waals surface area contributed by atoms with Gasteiger partial charge in [-0.2, -0.15) is 5.10 Å². The molecule has 3 aliphatic rings. The van der Waals surface area contributed by atoms with Crippen molar-refractivity contribution < 1.29 is 14.7 Å². The molecule has 2 N–H and O–H groups in total. The van der Waals surface area contributed by atoms with Gasteiger partial charge in [0.1, 0.15) is 11.5 Å². The molecule has 3 fully saturated rings. The van der Waals surface area contributed by atoms with Gasteiger partial charge in [-0.1, -0.05) is 6.07 Å². The number of hydrogen-bond acceptors (Lipinski definition) is 5. The summed E-state index contributed by atoms with van der Waals surface area (Å²) in [6.07, 6.45) is 6.81. The summed E-state index contributed by atoms with van der Waals surface area (Å²) in [5.41, 5.74) is 2.50. The van der Waals surface area contributed by atoms with Gasteiger partial charge in [0.15, 0.2) is 5.78 Å². The van der Waals surface area contributed by atoms with Crippen molar-refractivity contribution >= 4 is 23.2 Å². The molecule has 5 heterocycles. The van der Waals surface area contributed by atoms with Gasteiger partial charge in [-0.15, -0.1) is 0 Å². The molecule has 2 aromatic heterocycles. The van der Waals surface area contributed by atoms with Crippen LogP contribution in [0.5, 0.6) is 0 Å². The number of imidazole rings is 1. The normalized spacial score (nSPS) is 22.9. The first-order chi connectivity index (χ1) is 14.1. The number of aromatic amines is 1. The van der Waals surface area contributed by atoms with Gasteiger partial charge in [0, 0.05) is 43.4 Å². The van der Waals surface area contributed by atoms with Crippen LogP contribution in [-0.2, 0) is 11.8 Å². The van der Waals surface area contributed by atoms with E-state index < -0.39 is 0 Å². The second-order valence-corrected chi connectivity index (χ2v) is 7.83. The largest absolute Gasteiger partial charge is 0.483 e. The van der Waals surface area contributed by atoms with Crippen molar-refractivity contribution in [1.29, 1.82) is 0 Å². The van der Waals surface area contributed by atoms with Crippen LogP contribution in [0.25, 0.3) is 22.3 Å². The number of carboxylic acid groups (broad SMARTS) is 1. The van der Waals surface area contributed by atoms with Crippen LogP contribution in [-0.4, -0.2) is 61.6 Å². The minimum absolute atomic E-state index is 0.166. The van der Waals surface area contributed by atoms with Crippen molar-refractivity contribution in [1.82, 2.24) is 24.6 Å². The molecule has 0 saturated carbocycles. The Bertz CT molecular complexity index is 1020. The summed E-state index contributed by atoms with van der Waals surface area (Å²) in [5.74, 6) is 2.27. The highest BCUT2D eigenvalue weighted by Crippen LogP contribution is 2.35. The van der Waals surface area contributed by atoms with Crippen molar-refractivity contribution in [2.24, 2.45) is 18.9 Å². The van der Waals surface area contributed by atoms with Gasteiger partial charge in [-0.25, -0.2) is 4.98 Å². The van der Waals surface area contributed by atoms with Crippen molar-refractivity contribution in [3.8, 4) is 11.4 Å². The Morgan fingerprint density at radius 2 is 2.10 bits per heavy atom. The summed E-state index contributed by atoms with van der Waals surface area (Å²) in [6.45, 7) is 3.23.